The van der Waals surface area contributed by atoms with Gasteiger partial charge in [0, 0.05) is 112 Å². The number of rotatable bonds is 15. The Morgan fingerprint density at radius 1 is 0.399 bits per heavy atom. The predicted molar refractivity (Wildman–Crippen MR) is 508 cm³/mol. The molecule has 27 nitrogen and oxygen atoms in total. The van der Waals surface area contributed by atoms with Crippen LogP contribution in [0.25, 0.3) is 83.9 Å². The SMILES string of the molecule is C=CC(=O)N1CCN(c2c(C#N)c(=O)n(-c3c(C)ccnc3C(C)C)c3nc(-c4c(O)c(F)c(F)c(Cl)c4F)c(Cl)cc23)C[C@H]1C.C=CC(=O)N1CCN(c2c(C#N)c(=O)n(-c3c(C)ccnc3C(C)C)c3nc(-c4c(O)c(F)c(F)c(Cl)c4F)c(Cl)cc23)C[C@H]1C.C=CC(=O)N1CCN(c2c(C#N)c(=O)n(-c3c(C)ccnc3C(C)C)c3nc(-c4c(O)c(F)c(F)c(Cl)c4F)c(Cl)cc23)C[C@H]1C. The Balaban J connectivity index is 0.000000175. The minimum Gasteiger partial charge on any atom is -0.504 e. The Morgan fingerprint density at radius 3 is 0.833 bits per heavy atom. The number of piperazine rings is 3. The number of amides is 3. The third kappa shape index (κ3) is 17.6. The van der Waals surface area contributed by atoms with E-state index in [0.717, 1.165) is 13.7 Å². The standard InChI is InChI=1S/3C32H27Cl2F3N6O3/c3*1-6-20(44)42-10-9-41(13-16(42)5)29-17-11-19(33)27(21-23(35)22(34)24(36)25(37)30(21)45)40-31(17)43(32(46)18(29)12-38)28-15(4)7-8-39-26(28)14(2)3/h3*6-8,11,14,16,45H,1,9-10,13H2,2-5H3/t3*16-/m111/s1. The van der Waals surface area contributed by atoms with Gasteiger partial charge in [-0.1, -0.05) is 131 Å². The smallest absolute Gasteiger partial charge is 0.276 e. The first-order valence-corrected chi connectivity index (χ1v) is 44.7. The van der Waals surface area contributed by atoms with Gasteiger partial charge in [-0.05, 0) is 131 Å². The lowest BCUT2D eigenvalue weighted by Gasteiger charge is -2.41. The molecule has 0 saturated carbocycles. The fourth-order valence-corrected chi connectivity index (χ4v) is 18.7. The van der Waals surface area contributed by atoms with Gasteiger partial charge in [-0.15, -0.1) is 0 Å². The second kappa shape index (κ2) is 40.1. The van der Waals surface area contributed by atoms with Gasteiger partial charge >= 0.3 is 0 Å². The van der Waals surface area contributed by atoms with Crippen molar-refractivity contribution in [1.29, 1.82) is 15.8 Å². The molecule has 0 unspecified atom stereocenters. The van der Waals surface area contributed by atoms with Crippen molar-refractivity contribution >= 4 is 137 Å². The van der Waals surface area contributed by atoms with Crippen molar-refractivity contribution in [2.75, 3.05) is 73.6 Å². The van der Waals surface area contributed by atoms with Crippen LogP contribution < -0.4 is 31.4 Å². The number of nitriles is 3. The molecule has 0 bridgehead atoms. The largest absolute Gasteiger partial charge is 0.504 e. The summed E-state index contributed by atoms with van der Waals surface area (Å²) in [5.41, 5.74) is -3.23. The maximum absolute atomic E-state index is 15.4. The molecule has 3 amide bonds. The van der Waals surface area contributed by atoms with E-state index in [2.05, 4.69) is 49.6 Å². The molecule has 3 aromatic carbocycles. The summed E-state index contributed by atoms with van der Waals surface area (Å²) in [7, 11) is 0. The molecule has 0 radical (unpaired) electrons. The van der Waals surface area contributed by atoms with Crippen LogP contribution in [-0.2, 0) is 14.4 Å². The molecule has 12 aromatic rings. The summed E-state index contributed by atoms with van der Waals surface area (Å²) in [6.07, 6.45) is 8.32. The van der Waals surface area contributed by atoms with E-state index >= 15 is 13.2 Å². The predicted octanol–water partition coefficient (Wildman–Crippen LogP) is 19.2. The minimum atomic E-state index is -1.82. The summed E-state index contributed by atoms with van der Waals surface area (Å²) in [6, 6.07) is 13.9. The molecule has 12 heterocycles. The number of fused-ring (bicyclic) bond motifs is 3. The van der Waals surface area contributed by atoms with Gasteiger partial charge < -0.3 is 44.7 Å². The van der Waals surface area contributed by atoms with E-state index in [0.29, 0.717) is 50.8 Å². The van der Waals surface area contributed by atoms with Gasteiger partial charge in [0.1, 0.15) is 66.9 Å². The number of halogens is 15. The van der Waals surface area contributed by atoms with Crippen molar-refractivity contribution in [3.63, 3.8) is 0 Å². The van der Waals surface area contributed by atoms with E-state index in [9.17, 15) is 86.2 Å². The molecule has 15 rings (SSSR count). The van der Waals surface area contributed by atoms with Crippen molar-refractivity contribution in [3.05, 3.63) is 257 Å². The number of anilines is 3. The molecule has 714 valence electrons. The number of hydrogen-bond donors (Lipinski definition) is 3. The number of benzene rings is 3. The summed E-state index contributed by atoms with van der Waals surface area (Å²) in [6.45, 7) is 34.4. The zero-order chi connectivity index (χ0) is 101. The molecule has 3 atom stereocenters. The number of nitrogens with zero attached hydrogens (tertiary/aromatic N) is 18. The maximum Gasteiger partial charge on any atom is 0.276 e. The monoisotopic (exact) mass is 2010 g/mol. The van der Waals surface area contributed by atoms with E-state index in [-0.39, 0.29) is 194 Å². The van der Waals surface area contributed by atoms with E-state index in [1.165, 1.54) is 36.4 Å². The second-order valence-corrected chi connectivity index (χ2v) is 35.9. The van der Waals surface area contributed by atoms with Gasteiger partial charge in [0.15, 0.2) is 52.2 Å². The number of aromatic hydroxyl groups is 3. The Morgan fingerprint density at radius 2 is 0.630 bits per heavy atom. The third-order valence-corrected chi connectivity index (χ3v) is 25.8. The molecule has 9 aromatic heterocycles. The van der Waals surface area contributed by atoms with Crippen molar-refractivity contribution < 1.29 is 69.2 Å². The van der Waals surface area contributed by atoms with Crippen LogP contribution in [0.5, 0.6) is 17.2 Å². The highest BCUT2D eigenvalue weighted by molar-refractivity contribution is 6.36. The first-order chi connectivity index (χ1) is 65.2. The van der Waals surface area contributed by atoms with Crippen LogP contribution in [-0.4, -0.2) is 168 Å². The van der Waals surface area contributed by atoms with Crippen LogP contribution in [0.15, 0.2) is 107 Å². The van der Waals surface area contributed by atoms with E-state index in [4.69, 9.17) is 69.6 Å². The van der Waals surface area contributed by atoms with Crippen LogP contribution in [0.4, 0.5) is 56.6 Å². The molecule has 3 N–H and O–H groups in total. The molecule has 3 aliphatic heterocycles. The molecular formula is C96H81Cl6F9N18O9. The molecule has 3 saturated heterocycles. The van der Waals surface area contributed by atoms with Gasteiger partial charge in [0.05, 0.1) is 100 Å². The zero-order valence-corrected chi connectivity index (χ0v) is 79.9. The van der Waals surface area contributed by atoms with Gasteiger partial charge in [-0.3, -0.25) is 57.4 Å². The Bertz CT molecular complexity index is 6790. The average Bonchev–Trinajstić information content (AvgIpc) is 0.726. The normalized spacial score (nSPS) is 15.0. The van der Waals surface area contributed by atoms with Gasteiger partial charge in [0.2, 0.25) is 35.2 Å². The van der Waals surface area contributed by atoms with Crippen molar-refractivity contribution in [1.82, 2.24) is 58.3 Å². The third-order valence-electron chi connectivity index (χ3n) is 24.0. The second-order valence-electron chi connectivity index (χ2n) is 33.6. The number of carbonyl (C=O) groups excluding carboxylic acids is 3. The molecular weight excluding hydrogens is 1930 g/mol. The summed E-state index contributed by atoms with van der Waals surface area (Å²) in [5.74, 6) is -21.1. The summed E-state index contributed by atoms with van der Waals surface area (Å²) in [5, 5.41) is 58.7. The average molecular weight is 2010 g/mol. The van der Waals surface area contributed by atoms with Gasteiger partial charge in [0.25, 0.3) is 16.7 Å². The number of carbonyl (C=O) groups is 3. The fourth-order valence-electron chi connectivity index (χ4n) is 17.4. The zero-order valence-electron chi connectivity index (χ0n) is 75.4. The van der Waals surface area contributed by atoms with Crippen LogP contribution in [0.2, 0.25) is 30.1 Å². The molecule has 3 aliphatic rings. The Hall–Kier alpha value is -13.8. The quantitative estimate of drug-likeness (QED) is 0.0371. The summed E-state index contributed by atoms with van der Waals surface area (Å²) >= 11 is 37.1. The number of phenolic OH excluding ortho intramolecular Hbond substituents is 3. The van der Waals surface area contributed by atoms with Crippen molar-refractivity contribution in [2.45, 2.75) is 119 Å². The lowest BCUT2D eigenvalue weighted by Crippen LogP contribution is -2.54. The highest BCUT2D eigenvalue weighted by Crippen LogP contribution is 2.50. The lowest BCUT2D eigenvalue weighted by molar-refractivity contribution is -0.129. The van der Waals surface area contributed by atoms with Crippen LogP contribution in [0.3, 0.4) is 0 Å². The van der Waals surface area contributed by atoms with E-state index in [1.54, 1.807) is 108 Å². The summed E-state index contributed by atoms with van der Waals surface area (Å²) < 4.78 is 136. The van der Waals surface area contributed by atoms with Crippen LogP contribution in [0.1, 0.15) is 131 Å². The Labute approximate surface area is 811 Å². The van der Waals surface area contributed by atoms with E-state index in [1.807, 2.05) is 59.8 Å². The summed E-state index contributed by atoms with van der Waals surface area (Å²) in [4.78, 5) is 117. The highest BCUT2D eigenvalue weighted by Gasteiger charge is 2.40. The lowest BCUT2D eigenvalue weighted by atomic mass is 10.0. The molecule has 3 fully saturated rings. The van der Waals surface area contributed by atoms with Gasteiger partial charge in [-0.25, -0.2) is 41.3 Å². The molecule has 42 heteroatoms. The number of aryl methyl sites for hydroxylation is 3. The highest BCUT2D eigenvalue weighted by atomic mass is 35.5. The molecule has 0 aliphatic carbocycles. The maximum atomic E-state index is 15.4. The van der Waals surface area contributed by atoms with Crippen molar-refractivity contribution in [3.8, 4) is 86.3 Å². The number of aromatic nitrogens is 9. The van der Waals surface area contributed by atoms with Crippen LogP contribution in [0, 0.1) is 107 Å². The number of phenols is 3. The number of pyridine rings is 9. The molecule has 138 heavy (non-hydrogen) atoms. The minimum absolute atomic E-state index is 0.131. The topological polar surface area (TPSA) is 346 Å². The fraction of sp³-hybridized carbons (Fsp3) is 0.281. The first kappa shape index (κ1) is 102. The van der Waals surface area contributed by atoms with Crippen LogP contribution >= 0.6 is 69.6 Å². The van der Waals surface area contributed by atoms with Crippen molar-refractivity contribution in [2.24, 2.45) is 0 Å². The first-order valence-electron chi connectivity index (χ1n) is 42.4. The Kier molecular flexibility index (Phi) is 29.5. The molecule has 0 spiro atoms. The number of hydrogen-bond acceptors (Lipinski definition) is 21. The van der Waals surface area contributed by atoms with E-state index < -0.39 is 135 Å². The van der Waals surface area contributed by atoms with Gasteiger partial charge in [-0.2, -0.15) is 29.0 Å².